The average Bonchev–Trinajstić information content (AvgIpc) is 3.18. The number of ether oxygens (including phenoxy) is 1. The standard InChI is InChI=1S/C12H15N5O2S/c18-11(13-7-9-3-1-5-19-9)8-17-12(14-15-16-17)10-4-2-6-20-10/h2,4,6,9H,1,3,5,7-8H2,(H,13,18). The van der Waals surface area contributed by atoms with Gasteiger partial charge in [0.05, 0.1) is 11.0 Å². The summed E-state index contributed by atoms with van der Waals surface area (Å²) in [7, 11) is 0. The zero-order chi connectivity index (χ0) is 13.8. The summed E-state index contributed by atoms with van der Waals surface area (Å²) in [5.74, 6) is 0.512. The molecule has 0 saturated carbocycles. The first-order valence-electron chi connectivity index (χ1n) is 6.51. The Kier molecular flexibility index (Phi) is 4.03. The molecule has 2 aromatic rings. The second kappa shape index (κ2) is 6.10. The van der Waals surface area contributed by atoms with Crippen molar-refractivity contribution in [2.45, 2.75) is 25.5 Å². The summed E-state index contributed by atoms with van der Waals surface area (Å²) in [4.78, 5) is 12.9. The number of hydrogen-bond donors (Lipinski definition) is 1. The molecule has 1 amide bonds. The topological polar surface area (TPSA) is 81.9 Å². The maximum Gasteiger partial charge on any atom is 0.241 e. The Balaban J connectivity index is 1.57. The Hall–Kier alpha value is -1.80. The van der Waals surface area contributed by atoms with E-state index < -0.39 is 0 Å². The van der Waals surface area contributed by atoms with Gasteiger partial charge in [-0.3, -0.25) is 4.79 Å². The van der Waals surface area contributed by atoms with Gasteiger partial charge in [-0.1, -0.05) is 6.07 Å². The number of rotatable bonds is 5. The quantitative estimate of drug-likeness (QED) is 0.877. The second-order valence-electron chi connectivity index (χ2n) is 4.58. The molecule has 1 aliphatic heterocycles. The summed E-state index contributed by atoms with van der Waals surface area (Å²) < 4.78 is 6.97. The van der Waals surface area contributed by atoms with E-state index in [2.05, 4.69) is 20.8 Å². The van der Waals surface area contributed by atoms with Gasteiger partial charge in [0, 0.05) is 13.2 Å². The lowest BCUT2D eigenvalue weighted by Crippen LogP contribution is -2.34. The van der Waals surface area contributed by atoms with Crippen molar-refractivity contribution in [2.75, 3.05) is 13.2 Å². The third kappa shape index (κ3) is 3.02. The smallest absolute Gasteiger partial charge is 0.241 e. The minimum atomic E-state index is -0.106. The maximum absolute atomic E-state index is 11.9. The molecule has 1 atom stereocenters. The van der Waals surface area contributed by atoms with Crippen molar-refractivity contribution in [3.05, 3.63) is 17.5 Å². The van der Waals surface area contributed by atoms with Crippen LogP contribution in [0.2, 0.25) is 0 Å². The van der Waals surface area contributed by atoms with Crippen LogP contribution in [0.1, 0.15) is 12.8 Å². The van der Waals surface area contributed by atoms with Crippen LogP contribution < -0.4 is 5.32 Å². The van der Waals surface area contributed by atoms with Crippen molar-refractivity contribution in [2.24, 2.45) is 0 Å². The van der Waals surface area contributed by atoms with E-state index in [0.29, 0.717) is 12.4 Å². The molecule has 2 aromatic heterocycles. The summed E-state index contributed by atoms with van der Waals surface area (Å²) in [6, 6.07) is 3.85. The minimum Gasteiger partial charge on any atom is -0.376 e. The van der Waals surface area contributed by atoms with Gasteiger partial charge in [0.15, 0.2) is 5.82 Å². The highest BCUT2D eigenvalue weighted by Gasteiger charge is 2.17. The fourth-order valence-corrected chi connectivity index (χ4v) is 2.83. The molecule has 1 saturated heterocycles. The molecule has 7 nitrogen and oxygen atoms in total. The zero-order valence-electron chi connectivity index (χ0n) is 10.9. The van der Waals surface area contributed by atoms with Gasteiger partial charge in [-0.2, -0.15) is 0 Å². The van der Waals surface area contributed by atoms with Crippen molar-refractivity contribution >= 4 is 17.2 Å². The SMILES string of the molecule is O=C(Cn1nnnc1-c1cccs1)NCC1CCCO1. The van der Waals surface area contributed by atoms with E-state index in [1.54, 1.807) is 11.3 Å². The first kappa shape index (κ1) is 13.2. The number of amides is 1. The highest BCUT2D eigenvalue weighted by atomic mass is 32.1. The Morgan fingerprint density at radius 3 is 3.30 bits per heavy atom. The van der Waals surface area contributed by atoms with Crippen LogP contribution in [-0.4, -0.2) is 45.4 Å². The van der Waals surface area contributed by atoms with Gasteiger partial charge in [0.2, 0.25) is 5.91 Å². The van der Waals surface area contributed by atoms with Crippen LogP contribution in [0.25, 0.3) is 10.7 Å². The molecule has 0 aromatic carbocycles. The van der Waals surface area contributed by atoms with Crippen molar-refractivity contribution in [3.63, 3.8) is 0 Å². The summed E-state index contributed by atoms with van der Waals surface area (Å²) in [5.41, 5.74) is 0. The minimum absolute atomic E-state index is 0.106. The number of tetrazole rings is 1. The Morgan fingerprint density at radius 1 is 1.60 bits per heavy atom. The van der Waals surface area contributed by atoms with Crippen LogP contribution in [0.4, 0.5) is 0 Å². The molecular formula is C12H15N5O2S. The predicted octanol–water partition coefficient (Wildman–Crippen LogP) is 0.697. The third-order valence-electron chi connectivity index (χ3n) is 3.12. The predicted molar refractivity (Wildman–Crippen MR) is 73.1 cm³/mol. The van der Waals surface area contributed by atoms with Gasteiger partial charge in [-0.05, 0) is 34.7 Å². The molecule has 1 fully saturated rings. The van der Waals surface area contributed by atoms with Gasteiger partial charge >= 0.3 is 0 Å². The first-order valence-corrected chi connectivity index (χ1v) is 7.39. The molecule has 20 heavy (non-hydrogen) atoms. The molecule has 0 spiro atoms. The van der Waals surface area contributed by atoms with Crippen LogP contribution in [0.15, 0.2) is 17.5 Å². The van der Waals surface area contributed by atoms with Crippen molar-refractivity contribution in [1.82, 2.24) is 25.5 Å². The van der Waals surface area contributed by atoms with E-state index in [1.165, 1.54) is 4.68 Å². The van der Waals surface area contributed by atoms with Crippen LogP contribution in [0.3, 0.4) is 0 Å². The van der Waals surface area contributed by atoms with E-state index in [-0.39, 0.29) is 18.6 Å². The number of carbonyl (C=O) groups is 1. The van der Waals surface area contributed by atoms with Crippen molar-refractivity contribution in [3.8, 4) is 10.7 Å². The number of nitrogens with zero attached hydrogens (tertiary/aromatic N) is 4. The largest absolute Gasteiger partial charge is 0.376 e. The fraction of sp³-hybridized carbons (Fsp3) is 0.500. The molecule has 0 aliphatic carbocycles. The van der Waals surface area contributed by atoms with Crippen LogP contribution in [0.5, 0.6) is 0 Å². The van der Waals surface area contributed by atoms with Crippen LogP contribution in [-0.2, 0) is 16.1 Å². The highest BCUT2D eigenvalue weighted by Crippen LogP contribution is 2.21. The number of thiophene rings is 1. The van der Waals surface area contributed by atoms with Gasteiger partial charge < -0.3 is 10.1 Å². The molecular weight excluding hydrogens is 278 g/mol. The van der Waals surface area contributed by atoms with Crippen molar-refractivity contribution < 1.29 is 9.53 Å². The molecule has 0 bridgehead atoms. The van der Waals surface area contributed by atoms with E-state index >= 15 is 0 Å². The summed E-state index contributed by atoms with van der Waals surface area (Å²) in [6.07, 6.45) is 2.21. The van der Waals surface area contributed by atoms with E-state index in [4.69, 9.17) is 4.74 Å². The molecule has 3 rings (SSSR count). The molecule has 3 heterocycles. The molecule has 1 N–H and O–H groups in total. The van der Waals surface area contributed by atoms with Gasteiger partial charge in [0.25, 0.3) is 0 Å². The van der Waals surface area contributed by atoms with Gasteiger partial charge in [-0.15, -0.1) is 16.4 Å². The van der Waals surface area contributed by atoms with E-state index in [1.807, 2.05) is 17.5 Å². The van der Waals surface area contributed by atoms with Crippen LogP contribution >= 0.6 is 11.3 Å². The lowest BCUT2D eigenvalue weighted by Gasteiger charge is -2.10. The molecule has 0 radical (unpaired) electrons. The van der Waals surface area contributed by atoms with E-state index in [0.717, 1.165) is 24.3 Å². The lowest BCUT2D eigenvalue weighted by atomic mass is 10.2. The number of aromatic nitrogens is 4. The molecule has 1 unspecified atom stereocenters. The summed E-state index contributed by atoms with van der Waals surface area (Å²) >= 11 is 1.54. The number of hydrogen-bond acceptors (Lipinski definition) is 6. The zero-order valence-corrected chi connectivity index (χ0v) is 11.7. The normalized spacial score (nSPS) is 18.3. The fourth-order valence-electron chi connectivity index (χ4n) is 2.12. The Bertz CT molecular complexity index is 562. The monoisotopic (exact) mass is 293 g/mol. The first-order chi connectivity index (χ1) is 9.83. The molecule has 8 heteroatoms. The third-order valence-corrected chi connectivity index (χ3v) is 3.98. The number of nitrogens with one attached hydrogen (secondary N) is 1. The summed E-state index contributed by atoms with van der Waals surface area (Å²) in [6.45, 7) is 1.46. The van der Waals surface area contributed by atoms with E-state index in [9.17, 15) is 4.79 Å². The van der Waals surface area contributed by atoms with Gasteiger partial charge in [-0.25, -0.2) is 4.68 Å². The highest BCUT2D eigenvalue weighted by molar-refractivity contribution is 7.13. The Labute approximate surface area is 119 Å². The van der Waals surface area contributed by atoms with Crippen molar-refractivity contribution in [1.29, 1.82) is 0 Å². The lowest BCUT2D eigenvalue weighted by molar-refractivity contribution is -0.122. The molecule has 106 valence electrons. The maximum atomic E-state index is 11.9. The average molecular weight is 293 g/mol. The van der Waals surface area contributed by atoms with Crippen LogP contribution in [0, 0.1) is 0 Å². The number of carbonyl (C=O) groups excluding carboxylic acids is 1. The molecule has 1 aliphatic rings. The summed E-state index contributed by atoms with van der Waals surface area (Å²) in [5, 5.41) is 16.3. The Morgan fingerprint density at radius 2 is 2.55 bits per heavy atom. The van der Waals surface area contributed by atoms with Gasteiger partial charge in [0.1, 0.15) is 6.54 Å². The second-order valence-corrected chi connectivity index (χ2v) is 5.52.